The summed E-state index contributed by atoms with van der Waals surface area (Å²) in [6, 6.07) is 15.0. The minimum absolute atomic E-state index is 0.0434. The van der Waals surface area contributed by atoms with Crippen LogP contribution in [0.25, 0.3) is 0 Å². The molecular formula is C24H31N4O7P. The zero-order valence-corrected chi connectivity index (χ0v) is 20.6. The summed E-state index contributed by atoms with van der Waals surface area (Å²) in [5.74, 6) is -1.81. The standard InChI is InChI=1S/C24H31N4O7P/c25-22(26)27-19-11-7-10-18(14-19)20(21(29)30)35-36(32,33)16-24(12-5-2-6-13-24)28-23(31)34-15-17-8-3-1-4-9-17/h1,3-4,7-11,14,20H,2,5-6,12-13,15-16H2,(H,28,31)(H,29,30)(H,32,33)(H4,25,26,27). The van der Waals surface area contributed by atoms with Crippen molar-refractivity contribution in [3.05, 3.63) is 65.7 Å². The Balaban J connectivity index is 1.73. The topological polar surface area (TPSA) is 184 Å². The third-order valence-corrected chi connectivity index (χ3v) is 7.40. The molecule has 36 heavy (non-hydrogen) atoms. The Bertz CT molecular complexity index is 1120. The average molecular weight is 519 g/mol. The summed E-state index contributed by atoms with van der Waals surface area (Å²) >= 11 is 0. The van der Waals surface area contributed by atoms with Crippen molar-refractivity contribution in [2.24, 2.45) is 5.73 Å². The van der Waals surface area contributed by atoms with E-state index in [1.54, 1.807) is 6.07 Å². The van der Waals surface area contributed by atoms with Crippen LogP contribution in [0.4, 0.5) is 10.5 Å². The number of carboxylic acids is 1. The summed E-state index contributed by atoms with van der Waals surface area (Å²) in [7, 11) is -4.52. The van der Waals surface area contributed by atoms with Gasteiger partial charge >= 0.3 is 19.7 Å². The van der Waals surface area contributed by atoms with Gasteiger partial charge in [-0.15, -0.1) is 0 Å². The first-order chi connectivity index (χ1) is 17.1. The Kier molecular flexibility index (Phi) is 9.08. The van der Waals surface area contributed by atoms with E-state index in [4.69, 9.17) is 20.4 Å². The molecule has 2 atom stereocenters. The van der Waals surface area contributed by atoms with Crippen LogP contribution in [-0.4, -0.2) is 39.7 Å². The van der Waals surface area contributed by atoms with Gasteiger partial charge in [0.15, 0.2) is 12.1 Å². The number of guanidine groups is 1. The van der Waals surface area contributed by atoms with Gasteiger partial charge in [-0.1, -0.05) is 61.7 Å². The van der Waals surface area contributed by atoms with Crippen LogP contribution >= 0.6 is 7.60 Å². The minimum atomic E-state index is -4.52. The smallest absolute Gasteiger partial charge is 0.407 e. The van der Waals surface area contributed by atoms with Gasteiger partial charge < -0.3 is 31.1 Å². The monoisotopic (exact) mass is 518 g/mol. The number of nitrogens with one attached hydrogen (secondary N) is 3. The maximum Gasteiger partial charge on any atom is 0.407 e. The minimum Gasteiger partial charge on any atom is -0.479 e. The van der Waals surface area contributed by atoms with Crippen LogP contribution in [-0.2, 0) is 25.2 Å². The number of benzene rings is 2. The van der Waals surface area contributed by atoms with Gasteiger partial charge in [-0.2, -0.15) is 0 Å². The quantitative estimate of drug-likeness (QED) is 0.154. The van der Waals surface area contributed by atoms with E-state index in [2.05, 4.69) is 10.6 Å². The fraction of sp³-hybridized carbons (Fsp3) is 0.375. The number of carbonyl (C=O) groups is 2. The van der Waals surface area contributed by atoms with Gasteiger partial charge in [0.2, 0.25) is 0 Å². The molecule has 0 bridgehead atoms. The molecule has 1 saturated carbocycles. The number of ether oxygens (including phenoxy) is 1. The SMILES string of the molecule is N=C(N)Nc1cccc(C(OP(=O)(O)CC2(NC(=O)OCc3ccccc3)CCCCC2)C(=O)O)c1. The second kappa shape index (κ2) is 12.0. The van der Waals surface area contributed by atoms with Crippen molar-refractivity contribution in [3.8, 4) is 0 Å². The first kappa shape index (κ1) is 27.2. The van der Waals surface area contributed by atoms with E-state index >= 15 is 0 Å². The van der Waals surface area contributed by atoms with Gasteiger partial charge in [-0.25, -0.2) is 9.59 Å². The number of hydrogen-bond acceptors (Lipinski definition) is 6. The van der Waals surface area contributed by atoms with Crippen LogP contribution in [0, 0.1) is 5.41 Å². The Morgan fingerprint density at radius 3 is 2.44 bits per heavy atom. The predicted octanol–water partition coefficient (Wildman–Crippen LogP) is 3.95. The van der Waals surface area contributed by atoms with Crippen LogP contribution < -0.4 is 16.4 Å². The number of aliphatic carboxylic acids is 1. The first-order valence-electron chi connectivity index (χ1n) is 11.5. The van der Waals surface area contributed by atoms with Gasteiger partial charge in [0.1, 0.15) is 6.61 Å². The van der Waals surface area contributed by atoms with Crippen LogP contribution in [0.2, 0.25) is 0 Å². The molecule has 2 unspecified atom stereocenters. The second-order valence-corrected chi connectivity index (χ2v) is 10.6. The molecule has 12 heteroatoms. The van der Waals surface area contributed by atoms with Crippen LogP contribution in [0.5, 0.6) is 0 Å². The number of amides is 1. The van der Waals surface area contributed by atoms with E-state index in [1.165, 1.54) is 18.2 Å². The molecule has 3 rings (SSSR count). The summed E-state index contributed by atoms with van der Waals surface area (Å²) in [4.78, 5) is 35.3. The lowest BCUT2D eigenvalue weighted by Crippen LogP contribution is -2.52. The van der Waals surface area contributed by atoms with E-state index in [-0.39, 0.29) is 18.1 Å². The highest BCUT2D eigenvalue weighted by Crippen LogP contribution is 2.51. The lowest BCUT2D eigenvalue weighted by molar-refractivity contribution is -0.145. The van der Waals surface area contributed by atoms with Crippen molar-refractivity contribution < 1.29 is 33.4 Å². The lowest BCUT2D eigenvalue weighted by atomic mass is 9.83. The molecule has 11 nitrogen and oxygen atoms in total. The summed E-state index contributed by atoms with van der Waals surface area (Å²) in [6.45, 7) is 0.0434. The van der Waals surface area contributed by atoms with Crippen molar-refractivity contribution in [1.29, 1.82) is 5.41 Å². The molecule has 194 valence electrons. The largest absolute Gasteiger partial charge is 0.479 e. The Labute approximate surface area is 209 Å². The highest BCUT2D eigenvalue weighted by Gasteiger charge is 2.43. The average Bonchev–Trinajstić information content (AvgIpc) is 2.81. The van der Waals surface area contributed by atoms with Crippen molar-refractivity contribution in [3.63, 3.8) is 0 Å². The summed E-state index contributed by atoms with van der Waals surface area (Å²) in [5.41, 5.74) is 5.47. The number of rotatable bonds is 10. The maximum absolute atomic E-state index is 13.2. The number of alkyl carbamates (subject to hydrolysis) is 1. The van der Waals surface area contributed by atoms with Crippen molar-refractivity contribution in [1.82, 2.24) is 5.32 Å². The number of carboxylic acid groups (broad SMARTS) is 1. The Hall–Kier alpha value is -3.40. The molecule has 0 radical (unpaired) electrons. The molecule has 0 saturated heterocycles. The first-order valence-corrected chi connectivity index (χ1v) is 13.3. The Morgan fingerprint density at radius 1 is 1.11 bits per heavy atom. The van der Waals surface area contributed by atoms with Gasteiger partial charge in [-0.3, -0.25) is 14.5 Å². The molecule has 7 N–H and O–H groups in total. The summed E-state index contributed by atoms with van der Waals surface area (Å²) in [5, 5.41) is 22.4. The van der Waals surface area contributed by atoms with E-state index in [0.717, 1.165) is 24.8 Å². The highest BCUT2D eigenvalue weighted by atomic mass is 31.2. The predicted molar refractivity (Wildman–Crippen MR) is 134 cm³/mol. The number of hydrogen-bond donors (Lipinski definition) is 6. The molecule has 1 aliphatic carbocycles. The van der Waals surface area contributed by atoms with E-state index in [0.29, 0.717) is 18.5 Å². The van der Waals surface area contributed by atoms with Crippen LogP contribution in [0.15, 0.2) is 54.6 Å². The number of anilines is 1. The summed E-state index contributed by atoms with van der Waals surface area (Å²) in [6.07, 6.45) is 0.273. The summed E-state index contributed by atoms with van der Waals surface area (Å²) < 4.78 is 23.8. The third kappa shape index (κ3) is 8.08. The molecule has 2 aromatic rings. The molecular weight excluding hydrogens is 487 g/mol. The number of carbonyl (C=O) groups excluding carboxylic acids is 1. The van der Waals surface area contributed by atoms with Crippen molar-refractivity contribution >= 4 is 31.3 Å². The molecule has 0 aliphatic heterocycles. The molecule has 1 amide bonds. The maximum atomic E-state index is 13.2. The van der Waals surface area contributed by atoms with Gasteiger partial charge in [0, 0.05) is 5.69 Å². The van der Waals surface area contributed by atoms with Crippen LogP contribution in [0.1, 0.15) is 49.3 Å². The fourth-order valence-electron chi connectivity index (χ4n) is 4.29. The molecule has 2 aromatic carbocycles. The molecule has 1 fully saturated rings. The van der Waals surface area contributed by atoms with Gasteiger partial charge in [0.25, 0.3) is 0 Å². The van der Waals surface area contributed by atoms with Crippen molar-refractivity contribution in [2.45, 2.75) is 50.4 Å². The lowest BCUT2D eigenvalue weighted by Gasteiger charge is -2.38. The van der Waals surface area contributed by atoms with Gasteiger partial charge in [-0.05, 0) is 36.1 Å². The fourth-order valence-corrected chi connectivity index (χ4v) is 6.07. The van der Waals surface area contributed by atoms with Crippen molar-refractivity contribution in [2.75, 3.05) is 11.5 Å². The van der Waals surface area contributed by atoms with E-state index in [9.17, 15) is 24.2 Å². The Morgan fingerprint density at radius 2 is 1.81 bits per heavy atom. The normalized spacial score (nSPS) is 17.2. The second-order valence-electron chi connectivity index (χ2n) is 8.81. The third-order valence-electron chi connectivity index (χ3n) is 5.86. The van der Waals surface area contributed by atoms with E-state index in [1.807, 2.05) is 30.3 Å². The molecule has 1 aliphatic rings. The molecule has 0 aromatic heterocycles. The highest BCUT2D eigenvalue weighted by molar-refractivity contribution is 7.53. The molecule has 0 heterocycles. The zero-order chi connectivity index (χ0) is 26.2. The number of nitrogens with two attached hydrogens (primary N) is 1. The molecule has 0 spiro atoms. The van der Waals surface area contributed by atoms with E-state index < -0.39 is 37.5 Å². The van der Waals surface area contributed by atoms with Crippen LogP contribution in [0.3, 0.4) is 0 Å². The zero-order valence-electron chi connectivity index (χ0n) is 19.7. The van der Waals surface area contributed by atoms with Gasteiger partial charge in [0.05, 0.1) is 11.7 Å².